The molecule has 0 bridgehead atoms. The number of hydrogen-bond acceptors (Lipinski definition) is 2. The molecule has 0 aliphatic heterocycles. The summed E-state index contributed by atoms with van der Waals surface area (Å²) in [6, 6.07) is 0. The molecule has 0 heterocycles. The number of unbranched alkanes of at least 4 members (excludes halogenated alkanes) is 2. The van der Waals surface area contributed by atoms with Gasteiger partial charge in [-0.1, -0.05) is 46.5 Å². The molecule has 0 atom stereocenters. The van der Waals surface area contributed by atoms with Crippen molar-refractivity contribution in [1.82, 2.24) is 0 Å². The van der Waals surface area contributed by atoms with Crippen molar-refractivity contribution in [2.75, 3.05) is 27.4 Å². The molecule has 0 unspecified atom stereocenters. The summed E-state index contributed by atoms with van der Waals surface area (Å²) in [4.78, 5) is 0. The monoisotopic (exact) mass is 230 g/mol. The average Bonchev–Trinajstić information content (AvgIpc) is 2.17. The Kier molecular flexibility index (Phi) is 8.96. The molecule has 0 amide bonds. The second-order valence-corrected chi connectivity index (χ2v) is 5.67. The molecule has 0 saturated carbocycles. The van der Waals surface area contributed by atoms with Gasteiger partial charge in [0.15, 0.2) is 0 Å². The van der Waals surface area contributed by atoms with Crippen LogP contribution in [0.1, 0.15) is 52.9 Å². The van der Waals surface area contributed by atoms with Gasteiger partial charge in [-0.2, -0.15) is 0 Å². The fourth-order valence-corrected chi connectivity index (χ4v) is 2.16. The molecule has 0 saturated heterocycles. The van der Waals surface area contributed by atoms with Crippen LogP contribution >= 0.6 is 0 Å². The van der Waals surface area contributed by atoms with Gasteiger partial charge in [0.05, 0.1) is 13.2 Å². The van der Waals surface area contributed by atoms with Crippen LogP contribution in [-0.2, 0) is 9.47 Å². The normalized spacial score (nSPS) is 12.4. The Balaban J connectivity index is 3.67. The van der Waals surface area contributed by atoms with Crippen molar-refractivity contribution in [3.05, 3.63) is 0 Å². The summed E-state index contributed by atoms with van der Waals surface area (Å²) in [5.41, 5.74) is 0.196. The second kappa shape index (κ2) is 9.00. The lowest BCUT2D eigenvalue weighted by atomic mass is 9.86. The minimum atomic E-state index is 0.196. The Morgan fingerprint density at radius 3 is 1.94 bits per heavy atom. The third-order valence-corrected chi connectivity index (χ3v) is 3.05. The Hall–Kier alpha value is -0.0800. The van der Waals surface area contributed by atoms with Crippen molar-refractivity contribution in [3.8, 4) is 0 Å². The molecule has 0 radical (unpaired) electrons. The highest BCUT2D eigenvalue weighted by Gasteiger charge is 2.23. The van der Waals surface area contributed by atoms with Crippen LogP contribution in [0.5, 0.6) is 0 Å². The van der Waals surface area contributed by atoms with Gasteiger partial charge in [-0.25, -0.2) is 0 Å². The predicted octanol–water partition coefficient (Wildman–Crippen LogP) is 3.89. The van der Waals surface area contributed by atoms with E-state index in [1.807, 2.05) is 0 Å². The lowest BCUT2D eigenvalue weighted by molar-refractivity contribution is 0.0151. The van der Waals surface area contributed by atoms with Crippen LogP contribution in [0, 0.1) is 11.3 Å². The number of ether oxygens (including phenoxy) is 2. The van der Waals surface area contributed by atoms with Gasteiger partial charge in [-0.15, -0.1) is 0 Å². The SMILES string of the molecule is COCC(C)(CCCCCC(C)C)COC. The van der Waals surface area contributed by atoms with Gasteiger partial charge in [-0.05, 0) is 12.3 Å². The van der Waals surface area contributed by atoms with Crippen LogP contribution in [0.15, 0.2) is 0 Å². The third kappa shape index (κ3) is 8.12. The topological polar surface area (TPSA) is 18.5 Å². The molecule has 16 heavy (non-hydrogen) atoms. The molecule has 0 N–H and O–H groups in total. The zero-order valence-corrected chi connectivity index (χ0v) is 11.8. The summed E-state index contributed by atoms with van der Waals surface area (Å²) >= 11 is 0. The second-order valence-electron chi connectivity index (χ2n) is 5.67. The van der Waals surface area contributed by atoms with E-state index < -0.39 is 0 Å². The molecule has 2 nitrogen and oxygen atoms in total. The Bertz CT molecular complexity index is 149. The molecule has 0 aliphatic rings. The van der Waals surface area contributed by atoms with Crippen molar-refractivity contribution in [1.29, 1.82) is 0 Å². The van der Waals surface area contributed by atoms with Crippen LogP contribution < -0.4 is 0 Å². The highest BCUT2D eigenvalue weighted by molar-refractivity contribution is 4.73. The Labute approximate surface area is 102 Å². The first-order valence-electron chi connectivity index (χ1n) is 6.52. The van der Waals surface area contributed by atoms with Crippen molar-refractivity contribution >= 4 is 0 Å². The van der Waals surface area contributed by atoms with Gasteiger partial charge in [0.1, 0.15) is 0 Å². The fraction of sp³-hybridized carbons (Fsp3) is 1.00. The van der Waals surface area contributed by atoms with E-state index in [9.17, 15) is 0 Å². The minimum Gasteiger partial charge on any atom is -0.384 e. The largest absolute Gasteiger partial charge is 0.384 e. The Morgan fingerprint density at radius 1 is 0.938 bits per heavy atom. The molecule has 0 rings (SSSR count). The zero-order valence-electron chi connectivity index (χ0n) is 11.8. The molecule has 2 heteroatoms. The average molecular weight is 230 g/mol. The van der Waals surface area contributed by atoms with E-state index in [0.717, 1.165) is 19.1 Å². The summed E-state index contributed by atoms with van der Waals surface area (Å²) in [6.07, 6.45) is 6.53. The molecular weight excluding hydrogens is 200 g/mol. The van der Waals surface area contributed by atoms with Crippen LogP contribution in [0.4, 0.5) is 0 Å². The molecule has 0 fully saturated rings. The van der Waals surface area contributed by atoms with Gasteiger partial charge in [0, 0.05) is 19.6 Å². The number of methoxy groups -OCH3 is 2. The van der Waals surface area contributed by atoms with Crippen molar-refractivity contribution < 1.29 is 9.47 Å². The summed E-state index contributed by atoms with van der Waals surface area (Å²) in [6.45, 7) is 8.43. The van der Waals surface area contributed by atoms with Crippen LogP contribution in [-0.4, -0.2) is 27.4 Å². The van der Waals surface area contributed by atoms with Gasteiger partial charge in [-0.3, -0.25) is 0 Å². The van der Waals surface area contributed by atoms with Crippen molar-refractivity contribution in [2.24, 2.45) is 11.3 Å². The third-order valence-electron chi connectivity index (χ3n) is 3.05. The molecule has 98 valence electrons. The first-order chi connectivity index (χ1) is 7.54. The quantitative estimate of drug-likeness (QED) is 0.530. The van der Waals surface area contributed by atoms with E-state index in [0.29, 0.717) is 0 Å². The maximum absolute atomic E-state index is 5.27. The Morgan fingerprint density at radius 2 is 1.50 bits per heavy atom. The van der Waals surface area contributed by atoms with Crippen LogP contribution in [0.3, 0.4) is 0 Å². The van der Waals surface area contributed by atoms with Crippen LogP contribution in [0.25, 0.3) is 0 Å². The minimum absolute atomic E-state index is 0.196. The van der Waals surface area contributed by atoms with Crippen LogP contribution in [0.2, 0.25) is 0 Å². The van der Waals surface area contributed by atoms with Gasteiger partial charge < -0.3 is 9.47 Å². The summed E-state index contributed by atoms with van der Waals surface area (Å²) < 4.78 is 10.5. The summed E-state index contributed by atoms with van der Waals surface area (Å²) in [5.74, 6) is 0.837. The first kappa shape index (κ1) is 15.9. The number of hydrogen-bond donors (Lipinski definition) is 0. The maximum Gasteiger partial charge on any atom is 0.0538 e. The van der Waals surface area contributed by atoms with Crippen molar-refractivity contribution in [2.45, 2.75) is 52.9 Å². The summed E-state index contributed by atoms with van der Waals surface area (Å²) in [7, 11) is 3.54. The van der Waals surface area contributed by atoms with E-state index in [1.165, 1.54) is 32.1 Å². The molecular formula is C14H30O2. The van der Waals surface area contributed by atoms with E-state index >= 15 is 0 Å². The molecule has 0 aliphatic carbocycles. The standard InChI is InChI=1S/C14H30O2/c1-13(2)9-7-6-8-10-14(3,11-15-4)12-16-5/h13H,6-12H2,1-5H3. The fourth-order valence-electron chi connectivity index (χ4n) is 2.16. The van der Waals surface area contributed by atoms with E-state index in [-0.39, 0.29) is 5.41 Å². The number of rotatable bonds is 10. The van der Waals surface area contributed by atoms with E-state index in [4.69, 9.17) is 9.47 Å². The molecule has 0 aromatic carbocycles. The first-order valence-corrected chi connectivity index (χ1v) is 6.52. The molecule has 0 spiro atoms. The molecule has 0 aromatic heterocycles. The maximum atomic E-state index is 5.27. The van der Waals surface area contributed by atoms with E-state index in [1.54, 1.807) is 14.2 Å². The highest BCUT2D eigenvalue weighted by Crippen LogP contribution is 2.25. The van der Waals surface area contributed by atoms with Gasteiger partial charge >= 0.3 is 0 Å². The smallest absolute Gasteiger partial charge is 0.0538 e. The summed E-state index contributed by atoms with van der Waals surface area (Å²) in [5, 5.41) is 0. The highest BCUT2D eigenvalue weighted by atomic mass is 16.5. The van der Waals surface area contributed by atoms with Crippen molar-refractivity contribution in [3.63, 3.8) is 0 Å². The van der Waals surface area contributed by atoms with Gasteiger partial charge in [0.2, 0.25) is 0 Å². The molecule has 0 aromatic rings. The van der Waals surface area contributed by atoms with Gasteiger partial charge in [0.25, 0.3) is 0 Å². The predicted molar refractivity (Wildman–Crippen MR) is 69.8 cm³/mol. The lowest BCUT2D eigenvalue weighted by Crippen LogP contribution is -2.28. The van der Waals surface area contributed by atoms with E-state index in [2.05, 4.69) is 20.8 Å². The lowest BCUT2D eigenvalue weighted by Gasteiger charge is -2.27. The zero-order chi connectivity index (χ0) is 12.4.